The van der Waals surface area contributed by atoms with Crippen molar-refractivity contribution >= 4 is 35.4 Å². The molecule has 0 aliphatic rings. The van der Waals surface area contributed by atoms with Gasteiger partial charge in [-0.25, -0.2) is 9.59 Å². The summed E-state index contributed by atoms with van der Waals surface area (Å²) >= 11 is 0. The van der Waals surface area contributed by atoms with Crippen molar-refractivity contribution in [3.8, 4) is 0 Å². The molecule has 0 aliphatic heterocycles. The summed E-state index contributed by atoms with van der Waals surface area (Å²) in [5.74, 6) is -4.18. The highest BCUT2D eigenvalue weighted by Crippen LogP contribution is 2.19. The standard InChI is InChI=1S/C21H40N8O6/c22-18(23)28-12-6-10-20(26,16(32)33)14(30)8-4-2-1-3-5-9-15(31)21(27,17(34)35)11-7-13-29-19(24)25/h1-13,26-27H2,(H,32,33)(H,34,35)(H4,22,23,28)(H4,24,25,29). The number of ketones is 2. The lowest BCUT2D eigenvalue weighted by atomic mass is 9.86. The average Bonchev–Trinajstić information content (AvgIpc) is 2.77. The fourth-order valence-electron chi connectivity index (χ4n) is 3.41. The summed E-state index contributed by atoms with van der Waals surface area (Å²) in [4.78, 5) is 55.4. The summed E-state index contributed by atoms with van der Waals surface area (Å²) in [6, 6.07) is 0. The fraction of sp³-hybridized carbons (Fsp3) is 0.714. The van der Waals surface area contributed by atoms with E-state index in [1.54, 1.807) is 0 Å². The molecule has 14 nitrogen and oxygen atoms in total. The highest BCUT2D eigenvalue weighted by Gasteiger charge is 2.41. The van der Waals surface area contributed by atoms with Crippen molar-refractivity contribution in [3.63, 3.8) is 0 Å². The van der Waals surface area contributed by atoms with Gasteiger partial charge in [0.2, 0.25) is 0 Å². The molecule has 14 N–H and O–H groups in total. The Balaban J connectivity index is 4.40. The number of Topliss-reactive ketones (excluding diaryl/α,β-unsaturated/α-hetero) is 2. The van der Waals surface area contributed by atoms with Crippen LogP contribution in [0.25, 0.3) is 0 Å². The summed E-state index contributed by atoms with van der Waals surface area (Å²) < 4.78 is 0. The molecule has 0 saturated carbocycles. The van der Waals surface area contributed by atoms with E-state index in [0.717, 1.165) is 0 Å². The maximum Gasteiger partial charge on any atom is 0.331 e. The van der Waals surface area contributed by atoms with Gasteiger partial charge in [0.1, 0.15) is 0 Å². The van der Waals surface area contributed by atoms with Gasteiger partial charge in [-0.3, -0.25) is 19.6 Å². The first-order valence-corrected chi connectivity index (χ1v) is 11.5. The minimum absolute atomic E-state index is 0.00471. The van der Waals surface area contributed by atoms with Crippen LogP contribution in [-0.4, -0.2) is 69.8 Å². The van der Waals surface area contributed by atoms with Crippen LogP contribution in [0.15, 0.2) is 9.98 Å². The smallest absolute Gasteiger partial charge is 0.331 e. The number of carbonyl (C=O) groups is 4. The van der Waals surface area contributed by atoms with Crippen molar-refractivity contribution in [3.05, 3.63) is 0 Å². The molecule has 0 amide bonds. The molecule has 0 aromatic carbocycles. The van der Waals surface area contributed by atoms with Gasteiger partial charge in [-0.05, 0) is 38.5 Å². The summed E-state index contributed by atoms with van der Waals surface area (Å²) in [5.41, 5.74) is 28.6. The van der Waals surface area contributed by atoms with Crippen LogP contribution in [-0.2, 0) is 19.2 Å². The van der Waals surface area contributed by atoms with Crippen LogP contribution in [0.2, 0.25) is 0 Å². The van der Waals surface area contributed by atoms with Gasteiger partial charge in [0.25, 0.3) is 0 Å². The van der Waals surface area contributed by atoms with Crippen molar-refractivity contribution in [1.29, 1.82) is 0 Å². The van der Waals surface area contributed by atoms with Crippen molar-refractivity contribution in [2.45, 2.75) is 81.7 Å². The number of hydrogen-bond donors (Lipinski definition) is 8. The minimum Gasteiger partial charge on any atom is -0.480 e. The molecule has 0 aromatic heterocycles. The summed E-state index contributed by atoms with van der Waals surface area (Å²) in [7, 11) is 0. The quantitative estimate of drug-likeness (QED) is 0.0411. The van der Waals surface area contributed by atoms with E-state index >= 15 is 0 Å². The number of nitrogens with two attached hydrogens (primary N) is 6. The number of unbranched alkanes of at least 4 members (excludes halogenated alkanes) is 4. The Kier molecular flexibility index (Phi) is 14.2. The first-order valence-electron chi connectivity index (χ1n) is 11.5. The van der Waals surface area contributed by atoms with Crippen molar-refractivity contribution < 1.29 is 29.4 Å². The van der Waals surface area contributed by atoms with E-state index in [-0.39, 0.29) is 63.5 Å². The zero-order chi connectivity index (χ0) is 27.1. The van der Waals surface area contributed by atoms with Crippen LogP contribution in [0, 0.1) is 0 Å². The lowest BCUT2D eigenvalue weighted by molar-refractivity contribution is -0.150. The molecule has 0 bridgehead atoms. The van der Waals surface area contributed by atoms with Crippen molar-refractivity contribution in [1.82, 2.24) is 0 Å². The molecule has 0 radical (unpaired) electrons. The molecular formula is C21H40N8O6. The summed E-state index contributed by atoms with van der Waals surface area (Å²) in [5, 5.41) is 18.8. The fourth-order valence-corrected chi connectivity index (χ4v) is 3.41. The molecule has 14 heteroatoms. The van der Waals surface area contributed by atoms with E-state index in [4.69, 9.17) is 34.4 Å². The number of carboxylic acids is 2. The van der Waals surface area contributed by atoms with Crippen LogP contribution in [0.5, 0.6) is 0 Å². The number of guanidine groups is 2. The van der Waals surface area contributed by atoms with E-state index in [1.165, 1.54) is 0 Å². The van der Waals surface area contributed by atoms with Crippen LogP contribution in [0.3, 0.4) is 0 Å². The highest BCUT2D eigenvalue weighted by molar-refractivity contribution is 6.08. The molecular weight excluding hydrogens is 460 g/mol. The third-order valence-electron chi connectivity index (χ3n) is 5.61. The molecule has 0 rings (SSSR count). The van der Waals surface area contributed by atoms with Gasteiger partial charge in [0, 0.05) is 25.9 Å². The normalized spacial score (nSPS) is 14.2. The van der Waals surface area contributed by atoms with Crippen LogP contribution in [0.4, 0.5) is 0 Å². The van der Waals surface area contributed by atoms with Crippen LogP contribution >= 0.6 is 0 Å². The molecule has 200 valence electrons. The Morgan fingerprint density at radius 1 is 0.571 bits per heavy atom. The maximum absolute atomic E-state index is 12.4. The Hall–Kier alpha value is -3.26. The molecule has 2 unspecified atom stereocenters. The number of rotatable bonds is 20. The van der Waals surface area contributed by atoms with Gasteiger partial charge in [-0.2, -0.15) is 0 Å². The highest BCUT2D eigenvalue weighted by atomic mass is 16.4. The number of carboxylic acid groups (broad SMARTS) is 2. The molecule has 2 atom stereocenters. The Morgan fingerprint density at radius 2 is 0.886 bits per heavy atom. The Morgan fingerprint density at radius 3 is 1.17 bits per heavy atom. The Bertz CT molecular complexity index is 731. The number of nitrogens with zero attached hydrogens (tertiary/aromatic N) is 2. The van der Waals surface area contributed by atoms with E-state index in [2.05, 4.69) is 9.98 Å². The molecule has 0 aromatic rings. The largest absolute Gasteiger partial charge is 0.480 e. The first-order chi connectivity index (χ1) is 16.3. The van der Waals surface area contributed by atoms with E-state index in [1.807, 2.05) is 0 Å². The van der Waals surface area contributed by atoms with Crippen molar-refractivity contribution in [2.24, 2.45) is 44.4 Å². The zero-order valence-corrected chi connectivity index (χ0v) is 20.1. The monoisotopic (exact) mass is 500 g/mol. The second-order valence-corrected chi connectivity index (χ2v) is 8.49. The van der Waals surface area contributed by atoms with Gasteiger partial charge in [-0.15, -0.1) is 0 Å². The number of aliphatic imine (C=N–C) groups is 2. The minimum atomic E-state index is -1.99. The average molecular weight is 501 g/mol. The molecule has 0 spiro atoms. The first kappa shape index (κ1) is 31.7. The second kappa shape index (κ2) is 15.6. The van der Waals surface area contributed by atoms with Gasteiger partial charge >= 0.3 is 11.9 Å². The predicted molar refractivity (Wildman–Crippen MR) is 131 cm³/mol. The van der Waals surface area contributed by atoms with E-state index in [9.17, 15) is 29.4 Å². The molecule has 0 saturated heterocycles. The van der Waals surface area contributed by atoms with Gasteiger partial charge in [0.05, 0.1) is 0 Å². The number of hydrogen-bond acceptors (Lipinski definition) is 8. The molecule has 0 heterocycles. The predicted octanol–water partition coefficient (Wildman–Crippen LogP) is -1.47. The number of carbonyl (C=O) groups excluding carboxylic acids is 2. The van der Waals surface area contributed by atoms with Crippen LogP contribution in [0.1, 0.15) is 70.6 Å². The van der Waals surface area contributed by atoms with Gasteiger partial charge in [0.15, 0.2) is 34.6 Å². The van der Waals surface area contributed by atoms with Gasteiger partial charge < -0.3 is 44.6 Å². The molecule has 35 heavy (non-hydrogen) atoms. The lowest BCUT2D eigenvalue weighted by Crippen LogP contribution is -2.55. The second-order valence-electron chi connectivity index (χ2n) is 8.49. The van der Waals surface area contributed by atoms with Crippen LogP contribution < -0.4 is 34.4 Å². The van der Waals surface area contributed by atoms with Crippen molar-refractivity contribution in [2.75, 3.05) is 13.1 Å². The van der Waals surface area contributed by atoms with Gasteiger partial charge in [-0.1, -0.05) is 19.3 Å². The third kappa shape index (κ3) is 11.6. The number of aliphatic carboxylic acids is 2. The van der Waals surface area contributed by atoms with E-state index < -0.39 is 34.6 Å². The Labute approximate surface area is 204 Å². The summed E-state index contributed by atoms with van der Waals surface area (Å²) in [6.07, 6.45) is 3.11. The SMILES string of the molecule is NC(N)=NCCCC(N)(C(=O)O)C(=O)CCCCCCCC(=O)C(N)(CCCN=C(N)N)C(=O)O. The zero-order valence-electron chi connectivity index (χ0n) is 20.1. The molecule has 0 fully saturated rings. The summed E-state index contributed by atoms with van der Waals surface area (Å²) in [6.45, 7) is 0.339. The molecule has 0 aliphatic carbocycles. The van der Waals surface area contributed by atoms with E-state index in [0.29, 0.717) is 32.1 Å². The third-order valence-corrected chi connectivity index (χ3v) is 5.61. The maximum atomic E-state index is 12.4. The topological polar surface area (TPSA) is 290 Å². The lowest BCUT2D eigenvalue weighted by Gasteiger charge is -2.23.